The van der Waals surface area contributed by atoms with Crippen LogP contribution in [0.15, 0.2) is 18.2 Å². The van der Waals surface area contributed by atoms with Gasteiger partial charge in [0.25, 0.3) is 5.91 Å². The maximum absolute atomic E-state index is 12.3. The summed E-state index contributed by atoms with van der Waals surface area (Å²) in [7, 11) is -3.42. The second-order valence-electron chi connectivity index (χ2n) is 6.73. The lowest BCUT2D eigenvalue weighted by Gasteiger charge is -2.22. The largest absolute Gasteiger partial charge is 0.452 e. The van der Waals surface area contributed by atoms with E-state index >= 15 is 0 Å². The lowest BCUT2D eigenvalue weighted by molar-refractivity contribution is -0.134. The third-order valence-corrected chi connectivity index (χ3v) is 5.76. The molecule has 1 unspecified atom stereocenters. The van der Waals surface area contributed by atoms with Crippen molar-refractivity contribution in [2.24, 2.45) is 0 Å². The summed E-state index contributed by atoms with van der Waals surface area (Å²) < 4.78 is 30.3. The minimum Gasteiger partial charge on any atom is -0.452 e. The van der Waals surface area contributed by atoms with Crippen molar-refractivity contribution < 1.29 is 22.7 Å². The van der Waals surface area contributed by atoms with Crippen LogP contribution in [0.3, 0.4) is 0 Å². The number of hydrogen-bond acceptors (Lipinski definition) is 7. The maximum Gasteiger partial charge on any atom is 0.338 e. The van der Waals surface area contributed by atoms with E-state index in [1.54, 1.807) is 19.1 Å². The number of ether oxygens (including phenoxy) is 1. The number of rotatable bonds is 8. The first-order valence-electron chi connectivity index (χ1n) is 9.00. The van der Waals surface area contributed by atoms with Gasteiger partial charge in [-0.05, 0) is 37.1 Å². The van der Waals surface area contributed by atoms with Gasteiger partial charge in [0, 0.05) is 19.1 Å². The third-order valence-electron chi connectivity index (χ3n) is 4.49. The summed E-state index contributed by atoms with van der Waals surface area (Å²) in [4.78, 5) is 25.9. The van der Waals surface area contributed by atoms with E-state index in [1.807, 2.05) is 12.1 Å². The third kappa shape index (κ3) is 5.46. The van der Waals surface area contributed by atoms with Crippen LogP contribution in [0.25, 0.3) is 0 Å². The zero-order valence-corrected chi connectivity index (χ0v) is 17.1. The number of carbonyl (C=O) groups is 2. The molecule has 1 amide bonds. The SMILES string of the molecule is CC1Cc2cc(C(=O)OCC(=O)N(CCC#N)CCC#N)ccc2N1S(C)(=O)=O. The highest BCUT2D eigenvalue weighted by Crippen LogP contribution is 2.34. The van der Waals surface area contributed by atoms with Gasteiger partial charge in [-0.1, -0.05) is 0 Å². The molecule has 1 heterocycles. The first-order valence-corrected chi connectivity index (χ1v) is 10.8. The molecule has 2 rings (SSSR count). The molecule has 29 heavy (non-hydrogen) atoms. The molecule has 0 N–H and O–H groups in total. The van der Waals surface area contributed by atoms with Gasteiger partial charge in [0.2, 0.25) is 10.0 Å². The van der Waals surface area contributed by atoms with Crippen LogP contribution in [0.4, 0.5) is 5.69 Å². The first-order chi connectivity index (χ1) is 13.7. The number of hydrogen-bond donors (Lipinski definition) is 0. The molecule has 0 saturated carbocycles. The van der Waals surface area contributed by atoms with Crippen molar-refractivity contribution in [3.8, 4) is 12.1 Å². The average molecular weight is 418 g/mol. The van der Waals surface area contributed by atoms with Gasteiger partial charge in [0.1, 0.15) is 0 Å². The van der Waals surface area contributed by atoms with Crippen LogP contribution in [0.5, 0.6) is 0 Å². The number of fused-ring (bicyclic) bond motifs is 1. The Bertz CT molecular complexity index is 959. The number of nitrogens with zero attached hydrogens (tertiary/aromatic N) is 4. The van der Waals surface area contributed by atoms with E-state index in [-0.39, 0.29) is 37.5 Å². The van der Waals surface area contributed by atoms with Crippen LogP contribution >= 0.6 is 0 Å². The number of amides is 1. The normalized spacial score (nSPS) is 15.2. The molecular formula is C19H22N4O5S. The quantitative estimate of drug-likeness (QED) is 0.580. The van der Waals surface area contributed by atoms with Gasteiger partial charge in [-0.15, -0.1) is 0 Å². The molecular weight excluding hydrogens is 396 g/mol. The Hall–Kier alpha value is -3.11. The highest BCUT2D eigenvalue weighted by molar-refractivity contribution is 7.92. The standard InChI is InChI=1S/C19H22N4O5S/c1-14-11-16-12-15(5-6-17(16)23(14)29(2,26)27)19(25)28-13-18(24)22(9-3-7-20)10-4-8-21/h5-6,12,14H,3-4,9-11,13H2,1-2H3. The fourth-order valence-electron chi connectivity index (χ4n) is 3.27. The molecule has 1 atom stereocenters. The van der Waals surface area contributed by atoms with Crippen LogP contribution in [-0.4, -0.2) is 57.2 Å². The van der Waals surface area contributed by atoms with Gasteiger partial charge in [0.05, 0.1) is 42.5 Å². The predicted molar refractivity (Wildman–Crippen MR) is 104 cm³/mol. The van der Waals surface area contributed by atoms with E-state index in [9.17, 15) is 18.0 Å². The molecule has 1 aromatic rings. The molecule has 0 saturated heterocycles. The summed E-state index contributed by atoms with van der Waals surface area (Å²) >= 11 is 0. The fraction of sp³-hybridized carbons (Fsp3) is 0.474. The Morgan fingerprint density at radius 3 is 2.41 bits per heavy atom. The summed E-state index contributed by atoms with van der Waals surface area (Å²) in [5, 5.41) is 17.3. The molecule has 0 aliphatic carbocycles. The summed E-state index contributed by atoms with van der Waals surface area (Å²) in [6.45, 7) is 1.60. The zero-order valence-electron chi connectivity index (χ0n) is 16.3. The Morgan fingerprint density at radius 2 is 1.86 bits per heavy atom. The molecule has 0 bridgehead atoms. The highest BCUT2D eigenvalue weighted by Gasteiger charge is 2.33. The van der Waals surface area contributed by atoms with E-state index in [1.165, 1.54) is 15.3 Å². The number of sulfonamides is 1. The number of benzene rings is 1. The zero-order chi connectivity index (χ0) is 21.6. The molecule has 0 radical (unpaired) electrons. The molecule has 1 aliphatic heterocycles. The van der Waals surface area contributed by atoms with Gasteiger partial charge < -0.3 is 9.64 Å². The summed E-state index contributed by atoms with van der Waals surface area (Å²) in [6.07, 6.45) is 1.84. The van der Waals surface area contributed by atoms with E-state index in [2.05, 4.69) is 0 Å². The van der Waals surface area contributed by atoms with Gasteiger partial charge in [0.15, 0.2) is 6.61 Å². The van der Waals surface area contributed by atoms with Crippen LogP contribution in [-0.2, 0) is 26.0 Å². The van der Waals surface area contributed by atoms with Gasteiger partial charge >= 0.3 is 5.97 Å². The van der Waals surface area contributed by atoms with Crippen LogP contribution in [0.1, 0.15) is 35.7 Å². The highest BCUT2D eigenvalue weighted by atomic mass is 32.2. The molecule has 1 aliphatic rings. The smallest absolute Gasteiger partial charge is 0.338 e. The summed E-state index contributed by atoms with van der Waals surface area (Å²) in [6, 6.07) is 8.21. The molecule has 9 nitrogen and oxygen atoms in total. The van der Waals surface area contributed by atoms with Gasteiger partial charge in [-0.2, -0.15) is 10.5 Å². The second-order valence-corrected chi connectivity index (χ2v) is 8.59. The van der Waals surface area contributed by atoms with Crippen molar-refractivity contribution in [3.05, 3.63) is 29.3 Å². The summed E-state index contributed by atoms with van der Waals surface area (Å²) in [5.41, 5.74) is 1.47. The monoisotopic (exact) mass is 418 g/mol. The molecule has 0 aromatic heterocycles. The van der Waals surface area contributed by atoms with E-state index in [0.29, 0.717) is 17.7 Å². The van der Waals surface area contributed by atoms with E-state index in [4.69, 9.17) is 15.3 Å². The average Bonchev–Trinajstić information content (AvgIpc) is 3.01. The topological polar surface area (TPSA) is 132 Å². The number of nitriles is 2. The maximum atomic E-state index is 12.3. The first kappa shape index (κ1) is 22.2. The van der Waals surface area contributed by atoms with Crippen LogP contribution < -0.4 is 4.31 Å². The lowest BCUT2D eigenvalue weighted by atomic mass is 10.1. The lowest BCUT2D eigenvalue weighted by Crippen LogP contribution is -2.36. The van der Waals surface area contributed by atoms with Crippen molar-refractivity contribution in [2.45, 2.75) is 32.2 Å². The minimum absolute atomic E-state index is 0.116. The molecule has 0 spiro atoms. The van der Waals surface area contributed by atoms with Crippen molar-refractivity contribution in [1.82, 2.24) is 4.90 Å². The van der Waals surface area contributed by atoms with E-state index in [0.717, 1.165) is 6.26 Å². The predicted octanol–water partition coefficient (Wildman–Crippen LogP) is 1.21. The minimum atomic E-state index is -3.42. The van der Waals surface area contributed by atoms with Crippen molar-refractivity contribution in [3.63, 3.8) is 0 Å². The summed E-state index contributed by atoms with van der Waals surface area (Å²) in [5.74, 6) is -1.19. The Labute approximate surface area is 170 Å². The van der Waals surface area contributed by atoms with Gasteiger partial charge in [-0.25, -0.2) is 13.2 Å². The van der Waals surface area contributed by atoms with Crippen LogP contribution in [0, 0.1) is 22.7 Å². The van der Waals surface area contributed by atoms with Gasteiger partial charge in [-0.3, -0.25) is 9.10 Å². The Morgan fingerprint density at radius 1 is 1.24 bits per heavy atom. The Balaban J connectivity index is 2.05. The number of carbonyl (C=O) groups excluding carboxylic acids is 2. The molecule has 10 heteroatoms. The number of anilines is 1. The van der Waals surface area contributed by atoms with Crippen molar-refractivity contribution in [1.29, 1.82) is 10.5 Å². The fourth-order valence-corrected chi connectivity index (χ4v) is 4.53. The molecule has 154 valence electrons. The number of esters is 1. The Kier molecular flexibility index (Phi) is 7.18. The van der Waals surface area contributed by atoms with Crippen molar-refractivity contribution in [2.75, 3.05) is 30.3 Å². The van der Waals surface area contributed by atoms with Crippen molar-refractivity contribution >= 4 is 27.6 Å². The molecule has 0 fully saturated rings. The van der Waals surface area contributed by atoms with E-state index < -0.39 is 28.5 Å². The second kappa shape index (κ2) is 9.39. The molecule has 1 aromatic carbocycles. The van der Waals surface area contributed by atoms with Crippen LogP contribution in [0.2, 0.25) is 0 Å².